The molecule has 4 nitrogen and oxygen atoms in total. The van der Waals surface area contributed by atoms with E-state index in [1.54, 1.807) is 7.11 Å². The number of fused-ring (bicyclic) bond motifs is 1. The fourth-order valence-electron chi connectivity index (χ4n) is 3.07. The lowest BCUT2D eigenvalue weighted by molar-refractivity contribution is 0.415. The summed E-state index contributed by atoms with van der Waals surface area (Å²) in [6, 6.07) is 20.3. The minimum Gasteiger partial charge on any atom is -0.497 e. The number of anilines is 1. The Bertz CT molecular complexity index is 1170. The van der Waals surface area contributed by atoms with Crippen LogP contribution in [0, 0.1) is 18.3 Å². The molecule has 2 aromatic carbocycles. The highest BCUT2D eigenvalue weighted by atomic mass is 32.1. The number of aryl methyl sites for hydroxylation is 1. The molecular weight excluding hydrogens is 354 g/mol. The zero-order chi connectivity index (χ0) is 19.0. The van der Waals surface area contributed by atoms with Gasteiger partial charge >= 0.3 is 0 Å². The maximum Gasteiger partial charge on any atom is 0.130 e. The van der Waals surface area contributed by atoms with Crippen molar-refractivity contribution in [1.29, 1.82) is 5.26 Å². The molecule has 0 unspecified atom stereocenters. The molecule has 0 aliphatic heterocycles. The van der Waals surface area contributed by atoms with E-state index in [4.69, 9.17) is 15.5 Å². The zero-order valence-electron chi connectivity index (χ0n) is 15.0. The fraction of sp³-hybridized carbons (Fsp3) is 0.0909. The molecule has 4 aromatic rings. The van der Waals surface area contributed by atoms with Gasteiger partial charge in [0.1, 0.15) is 21.5 Å². The summed E-state index contributed by atoms with van der Waals surface area (Å²) in [7, 11) is 1.64. The van der Waals surface area contributed by atoms with E-state index in [0.717, 1.165) is 38.4 Å². The summed E-state index contributed by atoms with van der Waals surface area (Å²) in [5.41, 5.74) is 11.8. The second-order valence-electron chi connectivity index (χ2n) is 6.29. The second-order valence-corrected chi connectivity index (χ2v) is 7.29. The average molecular weight is 371 g/mol. The minimum atomic E-state index is 0.492. The molecule has 0 atom stereocenters. The number of thiophene rings is 1. The molecule has 2 N–H and O–H groups in total. The molecule has 5 heteroatoms. The molecule has 0 saturated heterocycles. The lowest BCUT2D eigenvalue weighted by Crippen LogP contribution is -1.91. The van der Waals surface area contributed by atoms with Gasteiger partial charge in [-0.2, -0.15) is 5.26 Å². The number of aromatic nitrogens is 1. The molecule has 4 rings (SSSR count). The van der Waals surface area contributed by atoms with Crippen LogP contribution in [-0.4, -0.2) is 12.1 Å². The van der Waals surface area contributed by atoms with Crippen molar-refractivity contribution in [2.75, 3.05) is 12.8 Å². The van der Waals surface area contributed by atoms with Crippen molar-refractivity contribution in [3.63, 3.8) is 0 Å². The van der Waals surface area contributed by atoms with E-state index >= 15 is 0 Å². The highest BCUT2D eigenvalue weighted by molar-refractivity contribution is 7.20. The second kappa shape index (κ2) is 6.75. The molecule has 0 bridgehead atoms. The molecule has 0 radical (unpaired) electrons. The standard InChI is InChI=1S/C22H17N3OS/c1-13-3-5-15(6-4-13)18-11-17(14-7-9-16(26-2)10-8-14)20-21(24)19(12-23)27-22(20)25-18/h3-11H,24H2,1-2H3. The van der Waals surface area contributed by atoms with Crippen molar-refractivity contribution in [2.24, 2.45) is 0 Å². The van der Waals surface area contributed by atoms with Gasteiger partial charge in [0.05, 0.1) is 18.5 Å². The zero-order valence-corrected chi connectivity index (χ0v) is 15.8. The van der Waals surface area contributed by atoms with Gasteiger partial charge in [-0.15, -0.1) is 11.3 Å². The van der Waals surface area contributed by atoms with Crippen molar-refractivity contribution >= 4 is 27.2 Å². The molecule has 0 aliphatic carbocycles. The molecule has 132 valence electrons. The molecule has 2 aromatic heterocycles. The normalized spacial score (nSPS) is 10.7. The first-order valence-corrected chi connectivity index (χ1v) is 9.27. The number of rotatable bonds is 3. The van der Waals surface area contributed by atoms with E-state index in [1.807, 2.05) is 30.3 Å². The highest BCUT2D eigenvalue weighted by Gasteiger charge is 2.17. The number of ether oxygens (including phenoxy) is 1. The highest BCUT2D eigenvalue weighted by Crippen LogP contribution is 2.41. The van der Waals surface area contributed by atoms with Crippen LogP contribution in [0.4, 0.5) is 5.69 Å². The van der Waals surface area contributed by atoms with E-state index in [0.29, 0.717) is 10.6 Å². The monoisotopic (exact) mass is 371 g/mol. The summed E-state index contributed by atoms with van der Waals surface area (Å²) in [6.07, 6.45) is 0. The Balaban J connectivity index is 2.00. The summed E-state index contributed by atoms with van der Waals surface area (Å²) in [5, 5.41) is 10.2. The van der Waals surface area contributed by atoms with E-state index in [2.05, 4.69) is 37.3 Å². The molecular formula is C22H17N3OS. The first-order chi connectivity index (χ1) is 13.1. The number of benzene rings is 2. The third kappa shape index (κ3) is 3.01. The number of pyridine rings is 1. The first kappa shape index (κ1) is 17.1. The topological polar surface area (TPSA) is 71.9 Å². The molecule has 0 aliphatic rings. The molecule has 0 fully saturated rings. The largest absolute Gasteiger partial charge is 0.497 e. The lowest BCUT2D eigenvalue weighted by atomic mass is 9.99. The molecule has 2 heterocycles. The van der Waals surface area contributed by atoms with Gasteiger partial charge in [-0.25, -0.2) is 4.98 Å². The van der Waals surface area contributed by atoms with Crippen molar-refractivity contribution in [3.05, 3.63) is 65.0 Å². The van der Waals surface area contributed by atoms with Crippen molar-refractivity contribution in [2.45, 2.75) is 6.92 Å². The van der Waals surface area contributed by atoms with Crippen molar-refractivity contribution < 1.29 is 4.74 Å². The van der Waals surface area contributed by atoms with E-state index < -0.39 is 0 Å². The average Bonchev–Trinajstić information content (AvgIpc) is 3.04. The third-order valence-electron chi connectivity index (χ3n) is 4.55. The van der Waals surface area contributed by atoms with Crippen LogP contribution < -0.4 is 10.5 Å². The summed E-state index contributed by atoms with van der Waals surface area (Å²) in [6.45, 7) is 2.06. The number of methoxy groups -OCH3 is 1. The SMILES string of the molecule is COc1ccc(-c2cc(-c3ccc(C)cc3)nc3sc(C#N)c(N)c23)cc1. The predicted molar refractivity (Wildman–Crippen MR) is 111 cm³/mol. The van der Waals surface area contributed by atoms with Gasteiger partial charge < -0.3 is 10.5 Å². The Morgan fingerprint density at radius 2 is 1.70 bits per heavy atom. The van der Waals surface area contributed by atoms with Crippen LogP contribution in [0.1, 0.15) is 10.4 Å². The maximum absolute atomic E-state index is 9.40. The van der Waals surface area contributed by atoms with E-state index in [9.17, 15) is 5.26 Å². The van der Waals surface area contributed by atoms with Crippen LogP contribution in [0.2, 0.25) is 0 Å². The van der Waals surface area contributed by atoms with Crippen LogP contribution in [0.3, 0.4) is 0 Å². The maximum atomic E-state index is 9.40. The summed E-state index contributed by atoms with van der Waals surface area (Å²) < 4.78 is 5.26. The lowest BCUT2D eigenvalue weighted by Gasteiger charge is -2.10. The quantitative estimate of drug-likeness (QED) is 0.523. The van der Waals surface area contributed by atoms with Gasteiger partial charge in [-0.1, -0.05) is 42.0 Å². The Morgan fingerprint density at radius 3 is 2.33 bits per heavy atom. The van der Waals surface area contributed by atoms with Crippen molar-refractivity contribution in [3.8, 4) is 34.2 Å². The Labute approximate surface area is 161 Å². The number of nitrogens with two attached hydrogens (primary N) is 1. The smallest absolute Gasteiger partial charge is 0.130 e. The number of nitrogen functional groups attached to an aromatic ring is 1. The summed E-state index contributed by atoms with van der Waals surface area (Å²) in [4.78, 5) is 6.05. The summed E-state index contributed by atoms with van der Waals surface area (Å²) in [5.74, 6) is 0.791. The third-order valence-corrected chi connectivity index (χ3v) is 5.55. The molecule has 27 heavy (non-hydrogen) atoms. The molecule has 0 spiro atoms. The van der Waals surface area contributed by atoms with E-state index in [1.165, 1.54) is 16.9 Å². The Morgan fingerprint density at radius 1 is 1.04 bits per heavy atom. The number of nitriles is 1. The predicted octanol–water partition coefficient (Wildman–Crippen LogP) is 5.40. The molecule has 0 saturated carbocycles. The Hall–Kier alpha value is -3.36. The van der Waals surface area contributed by atoms with Crippen LogP contribution in [0.25, 0.3) is 32.6 Å². The van der Waals surface area contributed by atoms with Gasteiger partial charge in [0.25, 0.3) is 0 Å². The van der Waals surface area contributed by atoms with Gasteiger partial charge in [0, 0.05) is 10.9 Å². The summed E-state index contributed by atoms with van der Waals surface area (Å²) >= 11 is 1.33. The van der Waals surface area contributed by atoms with Gasteiger partial charge in [-0.3, -0.25) is 0 Å². The first-order valence-electron chi connectivity index (χ1n) is 8.45. The fourth-order valence-corrected chi connectivity index (χ4v) is 3.99. The van der Waals surface area contributed by atoms with Gasteiger partial charge in [-0.05, 0) is 36.2 Å². The van der Waals surface area contributed by atoms with Crippen LogP contribution >= 0.6 is 11.3 Å². The number of hydrogen-bond acceptors (Lipinski definition) is 5. The van der Waals surface area contributed by atoms with Crippen LogP contribution in [0.15, 0.2) is 54.6 Å². The molecule has 0 amide bonds. The van der Waals surface area contributed by atoms with Gasteiger partial charge in [0.2, 0.25) is 0 Å². The number of hydrogen-bond donors (Lipinski definition) is 1. The van der Waals surface area contributed by atoms with E-state index in [-0.39, 0.29) is 0 Å². The van der Waals surface area contributed by atoms with Gasteiger partial charge in [0.15, 0.2) is 0 Å². The minimum absolute atomic E-state index is 0.492. The van der Waals surface area contributed by atoms with Crippen LogP contribution in [-0.2, 0) is 0 Å². The van der Waals surface area contributed by atoms with Crippen molar-refractivity contribution in [1.82, 2.24) is 4.98 Å². The Kier molecular flexibility index (Phi) is 4.27. The van der Waals surface area contributed by atoms with Crippen LogP contribution in [0.5, 0.6) is 5.75 Å². The number of nitrogens with zero attached hydrogens (tertiary/aromatic N) is 2.